The van der Waals surface area contributed by atoms with Gasteiger partial charge in [0, 0.05) is 37.3 Å². The summed E-state index contributed by atoms with van der Waals surface area (Å²) in [5.41, 5.74) is 1.91. The highest BCUT2D eigenvalue weighted by Gasteiger charge is 2.38. The average molecular weight is 421 g/mol. The molecule has 4 aromatic heterocycles. The van der Waals surface area contributed by atoms with E-state index in [0.29, 0.717) is 31.3 Å². The predicted molar refractivity (Wildman–Crippen MR) is 95.5 cm³/mol. The van der Waals surface area contributed by atoms with Crippen molar-refractivity contribution in [2.45, 2.75) is 31.7 Å². The lowest BCUT2D eigenvalue weighted by Gasteiger charge is -2.32. The molecule has 1 aliphatic heterocycles. The fourth-order valence-electron chi connectivity index (χ4n) is 3.67. The van der Waals surface area contributed by atoms with Gasteiger partial charge in [0.15, 0.2) is 0 Å². The first-order valence-corrected chi connectivity index (χ1v) is 9.10. The molecule has 5 rings (SSSR count). The van der Waals surface area contributed by atoms with Crippen LogP contribution in [0.2, 0.25) is 0 Å². The van der Waals surface area contributed by atoms with Crippen LogP contribution in [0.15, 0.2) is 35.1 Å². The molecule has 12 heteroatoms. The second-order valence-corrected chi connectivity index (χ2v) is 7.05. The largest absolute Gasteiger partial charge is 0.401 e. The van der Waals surface area contributed by atoms with Crippen molar-refractivity contribution >= 4 is 11.5 Å². The van der Waals surface area contributed by atoms with Crippen molar-refractivity contribution in [3.8, 4) is 0 Å². The van der Waals surface area contributed by atoms with Gasteiger partial charge in [0.05, 0.1) is 23.2 Å². The van der Waals surface area contributed by atoms with Gasteiger partial charge < -0.3 is 14.3 Å². The molecule has 1 atom stereocenters. The van der Waals surface area contributed by atoms with Crippen molar-refractivity contribution in [3.63, 3.8) is 0 Å². The van der Waals surface area contributed by atoms with Gasteiger partial charge in [-0.2, -0.15) is 13.9 Å². The zero-order valence-corrected chi connectivity index (χ0v) is 15.6. The lowest BCUT2D eigenvalue weighted by Crippen LogP contribution is -2.37. The van der Waals surface area contributed by atoms with Gasteiger partial charge in [0.2, 0.25) is 0 Å². The summed E-state index contributed by atoms with van der Waals surface area (Å²) in [7, 11) is 0. The van der Waals surface area contributed by atoms with Crippen molar-refractivity contribution in [2.75, 3.05) is 11.4 Å². The van der Waals surface area contributed by atoms with Crippen LogP contribution in [0.5, 0.6) is 0 Å². The van der Waals surface area contributed by atoms with Gasteiger partial charge in [0.25, 0.3) is 12.3 Å². The Morgan fingerprint density at radius 2 is 2.13 bits per heavy atom. The van der Waals surface area contributed by atoms with Crippen LogP contribution in [0, 0.1) is 0 Å². The SMILES string of the molecule is CC(F)(F)c1nnc(N2CCc3[nH]cnc3C2c2cc3c(C(F)F)cccn3n2)o1. The minimum Gasteiger partial charge on any atom is -0.401 e. The molecular weight excluding hydrogens is 406 g/mol. The van der Waals surface area contributed by atoms with Crippen LogP contribution >= 0.6 is 0 Å². The van der Waals surface area contributed by atoms with Gasteiger partial charge in [-0.15, -0.1) is 5.10 Å². The highest BCUT2D eigenvalue weighted by molar-refractivity contribution is 5.58. The number of H-pyrrole nitrogens is 1. The minimum absolute atomic E-state index is 0.115. The monoisotopic (exact) mass is 421 g/mol. The van der Waals surface area contributed by atoms with Crippen LogP contribution in [-0.2, 0) is 12.3 Å². The Labute approximate surface area is 166 Å². The maximum Gasteiger partial charge on any atom is 0.321 e. The van der Waals surface area contributed by atoms with Crippen molar-refractivity contribution in [3.05, 3.63) is 59.3 Å². The fourth-order valence-corrected chi connectivity index (χ4v) is 3.67. The minimum atomic E-state index is -3.29. The van der Waals surface area contributed by atoms with Crippen molar-refractivity contribution in [2.24, 2.45) is 0 Å². The molecule has 156 valence electrons. The molecule has 0 saturated carbocycles. The number of aromatic amines is 1. The summed E-state index contributed by atoms with van der Waals surface area (Å²) in [6.45, 7) is 1.02. The number of imidazole rings is 1. The Kier molecular flexibility index (Phi) is 4.05. The molecule has 0 amide bonds. The third-order valence-corrected chi connectivity index (χ3v) is 5.03. The Hall–Kier alpha value is -3.44. The summed E-state index contributed by atoms with van der Waals surface area (Å²) in [5.74, 6) is -4.09. The first-order valence-electron chi connectivity index (χ1n) is 9.10. The number of rotatable bonds is 4. The summed E-state index contributed by atoms with van der Waals surface area (Å²) < 4.78 is 60.6. The molecule has 0 aliphatic carbocycles. The molecule has 5 heterocycles. The van der Waals surface area contributed by atoms with E-state index in [1.165, 1.54) is 29.0 Å². The van der Waals surface area contributed by atoms with Crippen LogP contribution in [0.25, 0.3) is 5.52 Å². The first-order chi connectivity index (χ1) is 14.3. The van der Waals surface area contributed by atoms with E-state index >= 15 is 0 Å². The Morgan fingerprint density at radius 1 is 1.30 bits per heavy atom. The molecule has 0 aromatic carbocycles. The molecule has 0 radical (unpaired) electrons. The van der Waals surface area contributed by atoms with Gasteiger partial charge in [-0.05, 0) is 18.2 Å². The second kappa shape index (κ2) is 6.54. The van der Waals surface area contributed by atoms with E-state index in [2.05, 4.69) is 25.3 Å². The molecule has 30 heavy (non-hydrogen) atoms. The van der Waals surface area contributed by atoms with Gasteiger partial charge >= 0.3 is 11.9 Å². The van der Waals surface area contributed by atoms with E-state index in [9.17, 15) is 17.6 Å². The summed E-state index contributed by atoms with van der Waals surface area (Å²) >= 11 is 0. The molecule has 0 bridgehead atoms. The predicted octanol–water partition coefficient (Wildman–Crippen LogP) is 3.64. The Bertz CT molecular complexity index is 1210. The lowest BCUT2D eigenvalue weighted by atomic mass is 10.00. The molecule has 1 N–H and O–H groups in total. The zero-order chi connectivity index (χ0) is 21.0. The number of hydrogen-bond acceptors (Lipinski definition) is 6. The zero-order valence-electron chi connectivity index (χ0n) is 15.6. The Balaban J connectivity index is 1.64. The lowest BCUT2D eigenvalue weighted by molar-refractivity contribution is -0.0107. The van der Waals surface area contributed by atoms with Crippen LogP contribution in [0.4, 0.5) is 23.6 Å². The van der Waals surface area contributed by atoms with Gasteiger partial charge in [-0.1, -0.05) is 5.10 Å². The number of hydrogen-bond donors (Lipinski definition) is 1. The van der Waals surface area contributed by atoms with E-state index in [4.69, 9.17) is 4.42 Å². The topological polar surface area (TPSA) is 88.1 Å². The average Bonchev–Trinajstić information content (AvgIpc) is 3.43. The van der Waals surface area contributed by atoms with E-state index in [-0.39, 0.29) is 17.1 Å². The molecule has 8 nitrogen and oxygen atoms in total. The molecule has 1 aliphatic rings. The number of nitrogens with zero attached hydrogens (tertiary/aromatic N) is 6. The molecule has 1 unspecified atom stereocenters. The van der Waals surface area contributed by atoms with E-state index in [0.717, 1.165) is 5.69 Å². The summed E-state index contributed by atoms with van der Waals surface area (Å²) in [4.78, 5) is 8.99. The molecular formula is C18H15F4N7O. The van der Waals surface area contributed by atoms with Crippen molar-refractivity contribution in [1.82, 2.24) is 29.8 Å². The van der Waals surface area contributed by atoms with E-state index in [1.54, 1.807) is 11.1 Å². The van der Waals surface area contributed by atoms with Crippen LogP contribution in [0.3, 0.4) is 0 Å². The maximum absolute atomic E-state index is 13.6. The number of nitrogens with one attached hydrogen (secondary N) is 1. The normalized spacial score (nSPS) is 17.1. The fraction of sp³-hybridized carbons (Fsp3) is 0.333. The van der Waals surface area contributed by atoms with Gasteiger partial charge in [-0.25, -0.2) is 18.3 Å². The summed E-state index contributed by atoms with van der Waals surface area (Å²) in [5, 5.41) is 11.7. The van der Waals surface area contributed by atoms with Gasteiger partial charge in [0.1, 0.15) is 6.04 Å². The second-order valence-electron chi connectivity index (χ2n) is 7.05. The van der Waals surface area contributed by atoms with E-state index < -0.39 is 24.3 Å². The smallest absolute Gasteiger partial charge is 0.321 e. The maximum atomic E-state index is 13.6. The molecule has 0 fully saturated rings. The quantitative estimate of drug-likeness (QED) is 0.506. The summed E-state index contributed by atoms with van der Waals surface area (Å²) in [6, 6.07) is 3.56. The van der Waals surface area contributed by atoms with Crippen LogP contribution < -0.4 is 4.90 Å². The number of alkyl halides is 4. The van der Waals surface area contributed by atoms with Crippen LogP contribution in [-0.4, -0.2) is 36.3 Å². The Morgan fingerprint density at radius 3 is 2.87 bits per heavy atom. The number of fused-ring (bicyclic) bond motifs is 2. The third-order valence-electron chi connectivity index (χ3n) is 5.03. The molecule has 4 aromatic rings. The van der Waals surface area contributed by atoms with Gasteiger partial charge in [-0.3, -0.25) is 0 Å². The van der Waals surface area contributed by atoms with Crippen LogP contribution in [0.1, 0.15) is 47.9 Å². The highest BCUT2D eigenvalue weighted by Crippen LogP contribution is 2.38. The highest BCUT2D eigenvalue weighted by atomic mass is 19.3. The van der Waals surface area contributed by atoms with E-state index in [1.807, 2.05) is 0 Å². The number of anilines is 1. The summed E-state index contributed by atoms with van der Waals surface area (Å²) in [6.07, 6.45) is 0.932. The molecule has 0 spiro atoms. The number of pyridine rings is 1. The van der Waals surface area contributed by atoms with Crippen molar-refractivity contribution in [1.29, 1.82) is 0 Å². The number of aromatic nitrogens is 6. The molecule has 0 saturated heterocycles. The third kappa shape index (κ3) is 2.90. The number of halogens is 4. The first kappa shape index (κ1) is 18.6. The standard InChI is InChI=1S/C18H15F4N7O/c1-18(21,22)16-25-26-17(30-16)28-6-4-10-13(24-8-23-10)14(28)11-7-12-9(15(19)20)3-2-5-29(12)27-11/h2-3,5,7-8,14-15H,4,6H2,1H3,(H,23,24). The van der Waals surface area contributed by atoms with Crippen molar-refractivity contribution < 1.29 is 22.0 Å².